The quantitative estimate of drug-likeness (QED) is 0.509. The molecule has 1 aromatic rings. The Balaban J connectivity index is 1.72. The lowest BCUT2D eigenvalue weighted by molar-refractivity contribution is -0.150. The van der Waals surface area contributed by atoms with Gasteiger partial charge in [-0.15, -0.1) is 10.2 Å². The van der Waals surface area contributed by atoms with Gasteiger partial charge in [0.05, 0.1) is 19.4 Å². The highest BCUT2D eigenvalue weighted by Crippen LogP contribution is 2.37. The minimum atomic E-state index is -1.34. The molecule has 8 nitrogen and oxygen atoms in total. The number of carbonyl (C=O) groups is 2. The highest BCUT2D eigenvalue weighted by molar-refractivity contribution is 7.99. The summed E-state index contributed by atoms with van der Waals surface area (Å²) in [6.07, 6.45) is 2.55. The molecule has 2 N–H and O–H groups in total. The minimum absolute atomic E-state index is 0.152. The first-order valence-corrected chi connectivity index (χ1v) is 7.15. The number of methoxy groups -OCH3 is 1. The molecule has 0 aromatic carbocycles. The number of aliphatic hydroxyl groups is 1. The van der Waals surface area contributed by atoms with Crippen LogP contribution in [0.4, 0.5) is 0 Å². The molecule has 0 aliphatic heterocycles. The fourth-order valence-corrected chi connectivity index (χ4v) is 2.36. The first kappa shape index (κ1) is 14.8. The third-order valence-corrected chi connectivity index (χ3v) is 3.74. The molecule has 1 heterocycles. The lowest BCUT2D eigenvalue weighted by atomic mass is 10.3. The summed E-state index contributed by atoms with van der Waals surface area (Å²) in [6, 6.07) is 0.455. The van der Waals surface area contributed by atoms with E-state index >= 15 is 0 Å². The lowest BCUT2D eigenvalue weighted by Crippen LogP contribution is -2.38. The van der Waals surface area contributed by atoms with E-state index in [1.54, 1.807) is 6.33 Å². The van der Waals surface area contributed by atoms with Crippen LogP contribution in [0.15, 0.2) is 11.5 Å². The van der Waals surface area contributed by atoms with Gasteiger partial charge in [0, 0.05) is 6.04 Å². The molecule has 0 saturated heterocycles. The Labute approximate surface area is 119 Å². The fourth-order valence-electron chi connectivity index (χ4n) is 1.55. The molecule has 1 aromatic heterocycles. The molecule has 20 heavy (non-hydrogen) atoms. The molecule has 1 atom stereocenters. The van der Waals surface area contributed by atoms with E-state index in [1.165, 1.54) is 18.9 Å². The number of carbonyl (C=O) groups excluding carboxylic acids is 2. The van der Waals surface area contributed by atoms with Crippen LogP contribution in [0.1, 0.15) is 18.9 Å². The zero-order valence-corrected chi connectivity index (χ0v) is 11.8. The van der Waals surface area contributed by atoms with Gasteiger partial charge in [0.1, 0.15) is 6.33 Å². The van der Waals surface area contributed by atoms with Crippen molar-refractivity contribution >= 4 is 23.6 Å². The summed E-state index contributed by atoms with van der Waals surface area (Å²) in [6.45, 7) is -0.165. The van der Waals surface area contributed by atoms with Crippen LogP contribution < -0.4 is 5.32 Å². The molecule has 1 saturated carbocycles. The van der Waals surface area contributed by atoms with Crippen LogP contribution in [-0.4, -0.2) is 57.3 Å². The van der Waals surface area contributed by atoms with Crippen molar-refractivity contribution in [1.82, 2.24) is 20.1 Å². The van der Waals surface area contributed by atoms with Gasteiger partial charge in [-0.2, -0.15) is 0 Å². The Kier molecular flexibility index (Phi) is 4.96. The van der Waals surface area contributed by atoms with E-state index < -0.39 is 12.1 Å². The van der Waals surface area contributed by atoms with Crippen LogP contribution in [0, 0.1) is 0 Å². The number of ether oxygens (including phenoxy) is 1. The van der Waals surface area contributed by atoms with E-state index in [1.807, 2.05) is 4.57 Å². The van der Waals surface area contributed by atoms with Crippen molar-refractivity contribution in [1.29, 1.82) is 0 Å². The number of esters is 1. The Morgan fingerprint density at radius 3 is 3.05 bits per heavy atom. The maximum Gasteiger partial charge on any atom is 0.336 e. The van der Waals surface area contributed by atoms with Gasteiger partial charge in [0.2, 0.25) is 5.91 Å². The number of thioether (sulfide) groups is 1. The Morgan fingerprint density at radius 1 is 1.65 bits per heavy atom. The second-order valence-corrected chi connectivity index (χ2v) is 5.33. The zero-order valence-electron chi connectivity index (χ0n) is 11.0. The van der Waals surface area contributed by atoms with Gasteiger partial charge in [-0.3, -0.25) is 4.79 Å². The van der Waals surface area contributed by atoms with Gasteiger partial charge in [-0.1, -0.05) is 11.8 Å². The molecule has 1 fully saturated rings. The summed E-state index contributed by atoms with van der Waals surface area (Å²) < 4.78 is 6.30. The highest BCUT2D eigenvalue weighted by atomic mass is 32.2. The van der Waals surface area contributed by atoms with Crippen molar-refractivity contribution < 1.29 is 19.4 Å². The normalized spacial score (nSPS) is 15.7. The number of nitrogens with zero attached hydrogens (tertiary/aromatic N) is 3. The van der Waals surface area contributed by atoms with Crippen molar-refractivity contribution in [3.63, 3.8) is 0 Å². The van der Waals surface area contributed by atoms with E-state index in [2.05, 4.69) is 20.3 Å². The topological polar surface area (TPSA) is 106 Å². The summed E-state index contributed by atoms with van der Waals surface area (Å²) >= 11 is 1.28. The van der Waals surface area contributed by atoms with Crippen LogP contribution in [0.3, 0.4) is 0 Å². The minimum Gasteiger partial charge on any atom is -0.467 e. The maximum absolute atomic E-state index is 11.6. The summed E-state index contributed by atoms with van der Waals surface area (Å²) in [4.78, 5) is 22.5. The number of amides is 1. The van der Waals surface area contributed by atoms with E-state index in [-0.39, 0.29) is 18.2 Å². The molecular formula is C11H16N4O4S. The SMILES string of the molecule is COC(=O)C(O)CNC(=O)CSc1nncn1C1CC1. The molecule has 1 amide bonds. The molecular weight excluding hydrogens is 284 g/mol. The van der Waals surface area contributed by atoms with Gasteiger partial charge in [-0.05, 0) is 12.8 Å². The summed E-state index contributed by atoms with van der Waals surface area (Å²) in [7, 11) is 1.17. The number of aliphatic hydroxyl groups excluding tert-OH is 1. The highest BCUT2D eigenvalue weighted by Gasteiger charge is 2.26. The van der Waals surface area contributed by atoms with Crippen LogP contribution >= 0.6 is 11.8 Å². The first-order chi connectivity index (χ1) is 9.61. The van der Waals surface area contributed by atoms with E-state index in [4.69, 9.17) is 0 Å². The second-order valence-electron chi connectivity index (χ2n) is 4.38. The fraction of sp³-hybridized carbons (Fsp3) is 0.636. The molecule has 1 aliphatic rings. The molecule has 2 rings (SSSR count). The van der Waals surface area contributed by atoms with Gasteiger partial charge < -0.3 is 19.7 Å². The predicted octanol–water partition coefficient (Wildman–Crippen LogP) is -0.645. The van der Waals surface area contributed by atoms with Gasteiger partial charge >= 0.3 is 5.97 Å². The molecule has 0 radical (unpaired) electrons. The van der Waals surface area contributed by atoms with Gasteiger partial charge in [0.15, 0.2) is 11.3 Å². The van der Waals surface area contributed by atoms with Crippen molar-refractivity contribution in [3.8, 4) is 0 Å². The monoisotopic (exact) mass is 300 g/mol. The zero-order chi connectivity index (χ0) is 14.5. The molecule has 1 aliphatic carbocycles. The average Bonchev–Trinajstić information content (AvgIpc) is 3.20. The van der Waals surface area contributed by atoms with Crippen LogP contribution in [0.5, 0.6) is 0 Å². The third-order valence-electron chi connectivity index (χ3n) is 2.78. The standard InChI is InChI=1S/C11H16N4O4S/c1-19-10(18)8(16)4-12-9(17)5-20-11-14-13-6-15(11)7-2-3-7/h6-8,16H,2-5H2,1H3,(H,12,17). The predicted molar refractivity (Wildman–Crippen MR) is 70.0 cm³/mol. The average molecular weight is 300 g/mol. The summed E-state index contributed by atoms with van der Waals surface area (Å²) in [5.41, 5.74) is 0. The number of hydrogen-bond donors (Lipinski definition) is 2. The largest absolute Gasteiger partial charge is 0.467 e. The molecule has 9 heteroatoms. The Hall–Kier alpha value is -1.61. The number of hydrogen-bond acceptors (Lipinski definition) is 7. The maximum atomic E-state index is 11.6. The summed E-state index contributed by atoms with van der Waals surface area (Å²) in [5.74, 6) is -0.908. The lowest BCUT2D eigenvalue weighted by Gasteiger charge is -2.09. The third kappa shape index (κ3) is 3.94. The second kappa shape index (κ2) is 6.71. The number of nitrogens with one attached hydrogen (secondary N) is 1. The van der Waals surface area contributed by atoms with E-state index in [0.717, 1.165) is 12.8 Å². The molecule has 0 bridgehead atoms. The molecule has 0 spiro atoms. The van der Waals surface area contributed by atoms with E-state index in [0.29, 0.717) is 11.2 Å². The number of aromatic nitrogens is 3. The van der Waals surface area contributed by atoms with Crippen molar-refractivity contribution in [2.24, 2.45) is 0 Å². The Morgan fingerprint density at radius 2 is 2.40 bits per heavy atom. The van der Waals surface area contributed by atoms with Crippen LogP contribution in [0.25, 0.3) is 0 Å². The van der Waals surface area contributed by atoms with E-state index in [9.17, 15) is 14.7 Å². The van der Waals surface area contributed by atoms with Crippen molar-refractivity contribution in [2.75, 3.05) is 19.4 Å². The summed E-state index contributed by atoms with van der Waals surface area (Å²) in [5, 5.41) is 20.3. The molecule has 110 valence electrons. The van der Waals surface area contributed by atoms with Crippen molar-refractivity contribution in [2.45, 2.75) is 30.1 Å². The van der Waals surface area contributed by atoms with Crippen molar-refractivity contribution in [3.05, 3.63) is 6.33 Å². The van der Waals surface area contributed by atoms with Gasteiger partial charge in [0.25, 0.3) is 0 Å². The number of rotatable bonds is 7. The van der Waals surface area contributed by atoms with Gasteiger partial charge in [-0.25, -0.2) is 4.79 Å². The van der Waals surface area contributed by atoms with Crippen LogP contribution in [0.2, 0.25) is 0 Å². The Bertz CT molecular complexity index is 489. The first-order valence-electron chi connectivity index (χ1n) is 6.16. The molecule has 1 unspecified atom stereocenters. The van der Waals surface area contributed by atoms with Crippen LogP contribution in [-0.2, 0) is 14.3 Å². The smallest absolute Gasteiger partial charge is 0.336 e.